The molecule has 5 heteroatoms. The molecule has 0 aliphatic heterocycles. The van der Waals surface area contributed by atoms with E-state index in [0.717, 1.165) is 32.8 Å². The number of carboxylic acid groups (broad SMARTS) is 1. The van der Waals surface area contributed by atoms with Crippen LogP contribution < -0.4 is 4.74 Å². The minimum atomic E-state index is -1.19. The SMILES string of the molecule is Cc1sc2cc3ccccc3c(-c3ccc(O[C@H](Cc4ccccc4)C(=O)O)c(F)c3)c2c1C. The van der Waals surface area contributed by atoms with Gasteiger partial charge in [-0.25, -0.2) is 9.18 Å². The molecule has 0 saturated heterocycles. The normalized spacial score (nSPS) is 12.2. The summed E-state index contributed by atoms with van der Waals surface area (Å²) in [5, 5.41) is 12.9. The fourth-order valence-corrected chi connectivity index (χ4v) is 5.53. The Morgan fingerprint density at radius 3 is 2.47 bits per heavy atom. The summed E-state index contributed by atoms with van der Waals surface area (Å²) in [6.45, 7) is 4.20. The van der Waals surface area contributed by atoms with Crippen molar-refractivity contribution in [2.45, 2.75) is 26.4 Å². The van der Waals surface area contributed by atoms with Crippen molar-refractivity contribution in [3.05, 3.63) is 101 Å². The molecule has 4 aromatic carbocycles. The third-order valence-electron chi connectivity index (χ3n) is 6.21. The van der Waals surface area contributed by atoms with E-state index in [-0.39, 0.29) is 12.2 Å². The van der Waals surface area contributed by atoms with Gasteiger partial charge in [-0.15, -0.1) is 11.3 Å². The van der Waals surface area contributed by atoms with Gasteiger partial charge in [0.2, 0.25) is 0 Å². The molecule has 0 fully saturated rings. The Bertz CT molecular complexity index is 1520. The number of carbonyl (C=O) groups is 1. The van der Waals surface area contributed by atoms with E-state index >= 15 is 4.39 Å². The minimum absolute atomic E-state index is 0.0678. The van der Waals surface area contributed by atoms with Crippen LogP contribution in [0, 0.1) is 19.7 Å². The number of aryl methyl sites for hydroxylation is 2. The molecule has 0 spiro atoms. The quantitative estimate of drug-likeness (QED) is 0.279. The van der Waals surface area contributed by atoms with Crippen molar-refractivity contribution in [3.8, 4) is 16.9 Å². The Kier molecular flexibility index (Phi) is 5.80. The predicted octanol–water partition coefficient (Wildman–Crippen LogP) is 7.55. The van der Waals surface area contributed by atoms with Crippen LogP contribution >= 0.6 is 11.3 Å². The summed E-state index contributed by atoms with van der Waals surface area (Å²) in [6, 6.07) is 24.3. The monoisotopic (exact) mass is 470 g/mol. The molecule has 5 aromatic rings. The van der Waals surface area contributed by atoms with Crippen LogP contribution in [0.15, 0.2) is 78.9 Å². The van der Waals surface area contributed by atoms with Crippen molar-refractivity contribution >= 4 is 38.2 Å². The Labute approximate surface area is 201 Å². The van der Waals surface area contributed by atoms with E-state index < -0.39 is 17.9 Å². The second-order valence-electron chi connectivity index (χ2n) is 8.41. The maximum absolute atomic E-state index is 15.3. The molecule has 1 atom stereocenters. The van der Waals surface area contributed by atoms with E-state index in [1.165, 1.54) is 27.3 Å². The first-order valence-corrected chi connectivity index (χ1v) is 11.9. The number of aliphatic carboxylic acids is 1. The van der Waals surface area contributed by atoms with E-state index in [2.05, 4.69) is 32.0 Å². The van der Waals surface area contributed by atoms with Crippen LogP contribution in [-0.2, 0) is 11.2 Å². The van der Waals surface area contributed by atoms with Crippen molar-refractivity contribution < 1.29 is 19.0 Å². The van der Waals surface area contributed by atoms with Crippen molar-refractivity contribution in [1.82, 2.24) is 0 Å². The molecule has 1 N–H and O–H groups in total. The van der Waals surface area contributed by atoms with Crippen LogP contribution in [0.1, 0.15) is 16.0 Å². The lowest BCUT2D eigenvalue weighted by molar-refractivity contribution is -0.145. The van der Waals surface area contributed by atoms with Crippen molar-refractivity contribution in [2.24, 2.45) is 0 Å². The summed E-state index contributed by atoms with van der Waals surface area (Å²) in [4.78, 5) is 13.0. The first-order chi connectivity index (χ1) is 16.4. The molecule has 1 heterocycles. The van der Waals surface area contributed by atoms with Gasteiger partial charge in [0.1, 0.15) is 0 Å². The highest BCUT2D eigenvalue weighted by Crippen LogP contribution is 2.43. The molecule has 5 rings (SSSR count). The standard InChI is InChI=1S/C29H23FO3S/c1-17-18(2)34-26-16-20-10-6-7-11-22(20)28(27(17)26)21-12-13-24(23(30)15-21)33-25(29(31)32)14-19-8-4-3-5-9-19/h3-13,15-16,25H,14H2,1-2H3,(H,31,32)/t25-/m1/s1. The largest absolute Gasteiger partial charge is 0.478 e. The van der Waals surface area contributed by atoms with Crippen molar-refractivity contribution in [2.75, 3.05) is 0 Å². The molecule has 1 aromatic heterocycles. The number of hydrogen-bond donors (Lipinski definition) is 1. The maximum Gasteiger partial charge on any atom is 0.345 e. The molecule has 0 bridgehead atoms. The molecule has 0 aliphatic rings. The van der Waals surface area contributed by atoms with Crippen LogP contribution in [0.2, 0.25) is 0 Å². The van der Waals surface area contributed by atoms with Crippen molar-refractivity contribution in [3.63, 3.8) is 0 Å². The molecule has 0 aliphatic carbocycles. The zero-order valence-electron chi connectivity index (χ0n) is 18.8. The second kappa shape index (κ2) is 8.92. The van der Waals surface area contributed by atoms with Crippen LogP contribution in [0.3, 0.4) is 0 Å². The highest BCUT2D eigenvalue weighted by Gasteiger charge is 2.23. The number of carboxylic acids is 1. The number of thiophene rings is 1. The van der Waals surface area contributed by atoms with Gasteiger partial charge in [0.05, 0.1) is 0 Å². The summed E-state index contributed by atoms with van der Waals surface area (Å²) in [5.41, 5.74) is 3.73. The number of hydrogen-bond acceptors (Lipinski definition) is 3. The number of ether oxygens (including phenoxy) is 1. The number of rotatable bonds is 6. The first kappa shape index (κ1) is 22.1. The lowest BCUT2D eigenvalue weighted by Crippen LogP contribution is -2.29. The first-order valence-electron chi connectivity index (χ1n) is 11.1. The van der Waals surface area contributed by atoms with Crippen LogP contribution in [-0.4, -0.2) is 17.2 Å². The Hall–Kier alpha value is -3.70. The number of halogens is 1. The van der Waals surface area contributed by atoms with E-state index in [1.807, 2.05) is 48.5 Å². The van der Waals surface area contributed by atoms with Crippen molar-refractivity contribution in [1.29, 1.82) is 0 Å². The lowest BCUT2D eigenvalue weighted by atomic mass is 9.93. The van der Waals surface area contributed by atoms with Gasteiger partial charge in [0, 0.05) is 21.4 Å². The minimum Gasteiger partial charge on any atom is -0.478 e. The molecule has 3 nitrogen and oxygen atoms in total. The summed E-state index contributed by atoms with van der Waals surface area (Å²) in [5.74, 6) is -1.78. The number of benzene rings is 4. The third kappa shape index (κ3) is 4.03. The maximum atomic E-state index is 15.3. The number of fused-ring (bicyclic) bond motifs is 2. The molecule has 0 saturated carbocycles. The van der Waals surface area contributed by atoms with Gasteiger partial charge in [-0.1, -0.05) is 60.7 Å². The molecule has 0 amide bonds. The van der Waals surface area contributed by atoms with Gasteiger partial charge in [-0.2, -0.15) is 0 Å². The van der Waals surface area contributed by atoms with Gasteiger partial charge < -0.3 is 9.84 Å². The van der Waals surface area contributed by atoms with Crippen LogP contribution in [0.25, 0.3) is 32.0 Å². The molecular formula is C29H23FO3S. The fraction of sp³-hybridized carbons (Fsp3) is 0.138. The smallest absolute Gasteiger partial charge is 0.345 e. The second-order valence-corrected chi connectivity index (χ2v) is 9.67. The van der Waals surface area contributed by atoms with Gasteiger partial charge in [-0.05, 0) is 65.1 Å². The average Bonchev–Trinajstić information content (AvgIpc) is 3.11. The summed E-state index contributed by atoms with van der Waals surface area (Å²) in [7, 11) is 0. The van der Waals surface area contributed by atoms with E-state index in [0.29, 0.717) is 0 Å². The summed E-state index contributed by atoms with van der Waals surface area (Å²) < 4.78 is 22.1. The van der Waals surface area contributed by atoms with Gasteiger partial charge >= 0.3 is 5.97 Å². The Morgan fingerprint density at radius 2 is 1.74 bits per heavy atom. The average molecular weight is 471 g/mol. The Morgan fingerprint density at radius 1 is 1.00 bits per heavy atom. The summed E-state index contributed by atoms with van der Waals surface area (Å²) >= 11 is 1.74. The summed E-state index contributed by atoms with van der Waals surface area (Å²) in [6.07, 6.45) is -1.04. The van der Waals surface area contributed by atoms with Crippen LogP contribution in [0.5, 0.6) is 5.75 Å². The highest BCUT2D eigenvalue weighted by molar-refractivity contribution is 7.19. The topological polar surface area (TPSA) is 46.5 Å². The van der Waals surface area contributed by atoms with Gasteiger partial charge in [0.15, 0.2) is 17.7 Å². The molecule has 0 radical (unpaired) electrons. The van der Waals surface area contributed by atoms with Gasteiger partial charge in [0.25, 0.3) is 0 Å². The van der Waals surface area contributed by atoms with E-state index in [4.69, 9.17) is 4.74 Å². The zero-order valence-corrected chi connectivity index (χ0v) is 19.7. The highest BCUT2D eigenvalue weighted by atomic mass is 32.1. The van der Waals surface area contributed by atoms with E-state index in [1.54, 1.807) is 11.3 Å². The van der Waals surface area contributed by atoms with E-state index in [9.17, 15) is 9.90 Å². The zero-order chi connectivity index (χ0) is 23.8. The molecule has 170 valence electrons. The molecule has 34 heavy (non-hydrogen) atoms. The predicted molar refractivity (Wildman–Crippen MR) is 136 cm³/mol. The fourth-order valence-electron chi connectivity index (χ4n) is 4.40. The molecule has 0 unspecified atom stereocenters. The van der Waals surface area contributed by atoms with Gasteiger partial charge in [-0.3, -0.25) is 0 Å². The molecular weight excluding hydrogens is 447 g/mol. The lowest BCUT2D eigenvalue weighted by Gasteiger charge is -2.17. The third-order valence-corrected chi connectivity index (χ3v) is 7.36. The van der Waals surface area contributed by atoms with Crippen LogP contribution in [0.4, 0.5) is 4.39 Å². The Balaban J connectivity index is 1.57.